The van der Waals surface area contributed by atoms with Crippen LogP contribution in [0.1, 0.15) is 60.4 Å². The molecule has 6 heteroatoms. The molecule has 1 amide bonds. The van der Waals surface area contributed by atoms with Gasteiger partial charge in [0.05, 0.1) is 6.04 Å². The molecule has 1 saturated heterocycles. The van der Waals surface area contributed by atoms with E-state index in [-0.39, 0.29) is 18.7 Å². The summed E-state index contributed by atoms with van der Waals surface area (Å²) in [5.74, 6) is -0.976. The Morgan fingerprint density at radius 1 is 0.848 bits per heavy atom. The molecular formula is C27H32N2O4. The van der Waals surface area contributed by atoms with E-state index in [9.17, 15) is 14.7 Å². The number of carbonyl (C=O) groups excluding carboxylic acids is 1. The largest absolute Gasteiger partial charge is 0.480 e. The van der Waals surface area contributed by atoms with Crippen molar-refractivity contribution in [2.45, 2.75) is 63.1 Å². The van der Waals surface area contributed by atoms with E-state index in [0.29, 0.717) is 13.1 Å². The van der Waals surface area contributed by atoms with Gasteiger partial charge in [-0.1, -0.05) is 55.0 Å². The van der Waals surface area contributed by atoms with Crippen LogP contribution < -0.4 is 0 Å². The first-order valence-electron chi connectivity index (χ1n) is 12.2. The molecule has 2 fully saturated rings. The molecule has 0 spiro atoms. The van der Waals surface area contributed by atoms with Crippen LogP contribution in [0.4, 0.5) is 4.79 Å². The summed E-state index contributed by atoms with van der Waals surface area (Å²) in [6, 6.07) is 16.0. The third-order valence-corrected chi connectivity index (χ3v) is 7.48. The van der Waals surface area contributed by atoms with E-state index in [1.54, 1.807) is 0 Å². The fraction of sp³-hybridized carbons (Fsp3) is 0.481. The van der Waals surface area contributed by atoms with Crippen LogP contribution >= 0.6 is 0 Å². The number of rotatable bonds is 3. The first kappa shape index (κ1) is 22.0. The van der Waals surface area contributed by atoms with E-state index in [0.717, 1.165) is 38.5 Å². The maximum absolute atomic E-state index is 12.9. The molecule has 2 aromatic rings. The van der Waals surface area contributed by atoms with Crippen molar-refractivity contribution in [3.8, 4) is 0 Å². The average Bonchev–Trinajstić information content (AvgIpc) is 3.01. The van der Waals surface area contributed by atoms with Gasteiger partial charge >= 0.3 is 12.1 Å². The van der Waals surface area contributed by atoms with Crippen molar-refractivity contribution in [1.82, 2.24) is 9.80 Å². The summed E-state index contributed by atoms with van der Waals surface area (Å²) in [7, 11) is 0. The summed E-state index contributed by atoms with van der Waals surface area (Å²) in [4.78, 5) is 28.9. The minimum absolute atomic E-state index is 0.0155. The molecule has 0 radical (unpaired) electrons. The van der Waals surface area contributed by atoms with Crippen molar-refractivity contribution < 1.29 is 19.4 Å². The van der Waals surface area contributed by atoms with Gasteiger partial charge in [-0.15, -0.1) is 0 Å². The molecule has 2 aromatic carbocycles. The van der Waals surface area contributed by atoms with Gasteiger partial charge < -0.3 is 9.84 Å². The molecule has 2 aliphatic carbocycles. The summed E-state index contributed by atoms with van der Waals surface area (Å²) in [5.41, 5.74) is 5.10. The van der Waals surface area contributed by atoms with Gasteiger partial charge in [0.1, 0.15) is 12.1 Å². The lowest BCUT2D eigenvalue weighted by Gasteiger charge is -2.43. The van der Waals surface area contributed by atoms with Gasteiger partial charge in [-0.05, 0) is 60.8 Å². The molecule has 1 saturated carbocycles. The van der Waals surface area contributed by atoms with Crippen LogP contribution in [-0.4, -0.2) is 58.7 Å². The molecule has 1 atom stereocenters. The molecule has 6 nitrogen and oxygen atoms in total. The second-order valence-electron chi connectivity index (χ2n) is 9.49. The summed E-state index contributed by atoms with van der Waals surface area (Å²) < 4.78 is 5.73. The third-order valence-electron chi connectivity index (χ3n) is 7.48. The fourth-order valence-electron chi connectivity index (χ4n) is 5.75. The quantitative estimate of drug-likeness (QED) is 0.753. The van der Waals surface area contributed by atoms with E-state index in [2.05, 4.69) is 53.4 Å². The van der Waals surface area contributed by atoms with E-state index in [1.165, 1.54) is 33.6 Å². The summed E-state index contributed by atoms with van der Waals surface area (Å²) in [5, 5.41) is 10.0. The topological polar surface area (TPSA) is 70.1 Å². The highest BCUT2D eigenvalue weighted by molar-refractivity contribution is 5.80. The molecule has 1 N–H and O–H groups in total. The number of nitrogens with zero attached hydrogens (tertiary/aromatic N) is 2. The number of aliphatic carboxylic acids is 1. The second-order valence-corrected chi connectivity index (χ2v) is 9.49. The Morgan fingerprint density at radius 2 is 1.45 bits per heavy atom. The smallest absolute Gasteiger partial charge is 0.410 e. The normalized spacial score (nSPS) is 22.2. The number of aryl methyl sites for hydroxylation is 2. The zero-order chi connectivity index (χ0) is 22.8. The summed E-state index contributed by atoms with van der Waals surface area (Å²) in [6.45, 7) is 1.24. The number of carboxylic acids is 1. The lowest BCUT2D eigenvalue weighted by atomic mass is 9.92. The molecule has 0 bridgehead atoms. The SMILES string of the molecule is O=C(O)[C@H]1CN(C2c3ccccc3CCc3ccccc32)CCN1C(=O)OC1CCCCC1. The zero-order valence-corrected chi connectivity index (χ0v) is 19.0. The van der Waals surface area contributed by atoms with Gasteiger partial charge in [-0.2, -0.15) is 0 Å². The maximum atomic E-state index is 12.9. The minimum atomic E-state index is -0.976. The first-order valence-corrected chi connectivity index (χ1v) is 12.2. The van der Waals surface area contributed by atoms with Crippen LogP contribution in [0, 0.1) is 0 Å². The van der Waals surface area contributed by atoms with Crippen molar-refractivity contribution in [2.75, 3.05) is 19.6 Å². The van der Waals surface area contributed by atoms with Crippen molar-refractivity contribution in [1.29, 1.82) is 0 Å². The predicted octanol–water partition coefficient (Wildman–Crippen LogP) is 4.41. The Bertz CT molecular complexity index is 969. The van der Waals surface area contributed by atoms with Crippen LogP contribution in [0.2, 0.25) is 0 Å². The van der Waals surface area contributed by atoms with Gasteiger partial charge in [0.25, 0.3) is 0 Å². The Morgan fingerprint density at radius 3 is 2.06 bits per heavy atom. The van der Waals surface area contributed by atoms with Gasteiger partial charge in [-0.3, -0.25) is 9.80 Å². The summed E-state index contributed by atoms with van der Waals surface area (Å²) in [6.07, 6.45) is 6.44. The Labute approximate surface area is 195 Å². The van der Waals surface area contributed by atoms with Crippen molar-refractivity contribution in [3.05, 3.63) is 70.8 Å². The van der Waals surface area contributed by atoms with Gasteiger partial charge in [0.2, 0.25) is 0 Å². The monoisotopic (exact) mass is 448 g/mol. The Kier molecular flexibility index (Phi) is 6.36. The summed E-state index contributed by atoms with van der Waals surface area (Å²) >= 11 is 0. The van der Waals surface area contributed by atoms with E-state index < -0.39 is 18.1 Å². The van der Waals surface area contributed by atoms with Crippen molar-refractivity contribution in [2.24, 2.45) is 0 Å². The number of piperazine rings is 1. The number of hydrogen-bond acceptors (Lipinski definition) is 4. The van der Waals surface area contributed by atoms with Crippen LogP contribution in [0.25, 0.3) is 0 Å². The molecule has 0 unspecified atom stereocenters. The van der Waals surface area contributed by atoms with Crippen LogP contribution in [0.3, 0.4) is 0 Å². The van der Waals surface area contributed by atoms with E-state index >= 15 is 0 Å². The van der Waals surface area contributed by atoms with Crippen LogP contribution in [0.15, 0.2) is 48.5 Å². The minimum Gasteiger partial charge on any atom is -0.480 e. The van der Waals surface area contributed by atoms with Crippen LogP contribution in [-0.2, 0) is 22.4 Å². The number of carbonyl (C=O) groups is 2. The molecular weight excluding hydrogens is 416 g/mol. The van der Waals surface area contributed by atoms with Crippen molar-refractivity contribution >= 4 is 12.1 Å². The number of benzene rings is 2. The highest BCUT2D eigenvalue weighted by atomic mass is 16.6. The molecule has 174 valence electrons. The molecule has 1 aliphatic heterocycles. The molecule has 0 aromatic heterocycles. The number of hydrogen-bond donors (Lipinski definition) is 1. The number of carboxylic acid groups (broad SMARTS) is 1. The number of ether oxygens (including phenoxy) is 1. The van der Waals surface area contributed by atoms with E-state index in [1.807, 2.05) is 0 Å². The highest BCUT2D eigenvalue weighted by Gasteiger charge is 2.40. The second kappa shape index (κ2) is 9.56. The lowest BCUT2D eigenvalue weighted by molar-refractivity contribution is -0.145. The standard InChI is InChI=1S/C27H32N2O4/c30-26(31)24-18-28(16-17-29(24)27(32)33-21-10-2-1-3-11-21)25-22-12-6-4-8-19(22)14-15-20-9-5-7-13-23(20)25/h4-9,12-13,21,24-25H,1-3,10-11,14-18H2,(H,30,31)/t24-/m1/s1. The van der Waals surface area contributed by atoms with Gasteiger partial charge in [0.15, 0.2) is 0 Å². The van der Waals surface area contributed by atoms with E-state index in [4.69, 9.17) is 4.74 Å². The molecule has 3 aliphatic rings. The van der Waals surface area contributed by atoms with Gasteiger partial charge in [0, 0.05) is 19.6 Å². The van der Waals surface area contributed by atoms with Crippen LogP contribution in [0.5, 0.6) is 0 Å². The highest BCUT2D eigenvalue weighted by Crippen LogP contribution is 2.38. The first-order chi connectivity index (χ1) is 16.1. The Balaban J connectivity index is 1.41. The molecule has 33 heavy (non-hydrogen) atoms. The zero-order valence-electron chi connectivity index (χ0n) is 19.0. The predicted molar refractivity (Wildman–Crippen MR) is 125 cm³/mol. The Hall–Kier alpha value is -2.86. The average molecular weight is 449 g/mol. The van der Waals surface area contributed by atoms with Crippen molar-refractivity contribution in [3.63, 3.8) is 0 Å². The number of amides is 1. The number of fused-ring (bicyclic) bond motifs is 2. The third kappa shape index (κ3) is 4.49. The maximum Gasteiger partial charge on any atom is 0.410 e. The lowest BCUT2D eigenvalue weighted by Crippen LogP contribution is -2.59. The fourth-order valence-corrected chi connectivity index (χ4v) is 5.75. The molecule has 5 rings (SSSR count). The van der Waals surface area contributed by atoms with Gasteiger partial charge in [-0.25, -0.2) is 9.59 Å². The molecule has 1 heterocycles.